The maximum absolute atomic E-state index is 13.3. The molecule has 2 aromatic carbocycles. The zero-order valence-electron chi connectivity index (χ0n) is 21.0. The van der Waals surface area contributed by atoms with Crippen molar-refractivity contribution in [3.8, 4) is 5.75 Å². The predicted molar refractivity (Wildman–Crippen MR) is 147 cm³/mol. The SMILES string of the molecule is CCCNC(=O)C(C)N(Cc1cccc(Br)c1)C(=O)CCCN(c1ccc(OC)c(Cl)c1)S(C)(=O)=O. The van der Waals surface area contributed by atoms with Crippen LogP contribution in [-0.4, -0.2) is 57.6 Å². The topological polar surface area (TPSA) is 96.0 Å². The van der Waals surface area contributed by atoms with Crippen molar-refractivity contribution in [2.24, 2.45) is 0 Å². The largest absolute Gasteiger partial charge is 0.495 e. The van der Waals surface area contributed by atoms with Gasteiger partial charge >= 0.3 is 0 Å². The van der Waals surface area contributed by atoms with E-state index >= 15 is 0 Å². The highest BCUT2D eigenvalue weighted by molar-refractivity contribution is 9.10. The van der Waals surface area contributed by atoms with Gasteiger partial charge in [-0.05, 0) is 55.7 Å². The number of benzene rings is 2. The molecule has 0 fully saturated rings. The Labute approximate surface area is 227 Å². The van der Waals surface area contributed by atoms with E-state index in [1.807, 2.05) is 31.2 Å². The molecule has 2 rings (SSSR count). The Balaban J connectivity index is 2.18. The van der Waals surface area contributed by atoms with E-state index in [0.717, 1.165) is 22.7 Å². The monoisotopic (exact) mass is 601 g/mol. The van der Waals surface area contributed by atoms with Crippen molar-refractivity contribution in [2.75, 3.05) is 30.8 Å². The van der Waals surface area contributed by atoms with E-state index in [9.17, 15) is 18.0 Å². The Morgan fingerprint density at radius 2 is 1.92 bits per heavy atom. The standard InChI is InChI=1S/C25H33BrClN3O5S/c1-5-13-28-25(32)18(2)29(17-19-8-6-9-20(26)15-19)24(31)10-7-14-30(36(4,33)34)21-11-12-23(35-3)22(27)16-21/h6,8-9,11-12,15-16,18H,5,7,10,13-14,17H2,1-4H3,(H,28,32). The Morgan fingerprint density at radius 3 is 2.50 bits per heavy atom. The van der Waals surface area contributed by atoms with Crippen LogP contribution in [0.5, 0.6) is 5.75 Å². The van der Waals surface area contributed by atoms with Crippen molar-refractivity contribution in [3.05, 3.63) is 57.5 Å². The summed E-state index contributed by atoms with van der Waals surface area (Å²) in [5.74, 6) is -0.0382. The molecular formula is C25H33BrClN3O5S. The van der Waals surface area contributed by atoms with Gasteiger partial charge in [0.25, 0.3) is 0 Å². The van der Waals surface area contributed by atoms with Crippen molar-refractivity contribution in [3.63, 3.8) is 0 Å². The minimum Gasteiger partial charge on any atom is -0.495 e. The molecule has 8 nitrogen and oxygen atoms in total. The van der Waals surface area contributed by atoms with E-state index in [4.69, 9.17) is 16.3 Å². The first-order valence-corrected chi connectivity index (χ1v) is 14.6. The van der Waals surface area contributed by atoms with Crippen LogP contribution in [0.3, 0.4) is 0 Å². The Morgan fingerprint density at radius 1 is 1.19 bits per heavy atom. The summed E-state index contributed by atoms with van der Waals surface area (Å²) >= 11 is 9.63. The molecule has 0 heterocycles. The third-order valence-electron chi connectivity index (χ3n) is 5.53. The maximum Gasteiger partial charge on any atom is 0.242 e. The molecule has 198 valence electrons. The molecule has 0 aliphatic rings. The van der Waals surface area contributed by atoms with E-state index in [-0.39, 0.29) is 42.8 Å². The molecular weight excluding hydrogens is 570 g/mol. The number of carbonyl (C=O) groups excluding carboxylic acids is 2. The van der Waals surface area contributed by atoms with Crippen LogP contribution in [0.1, 0.15) is 38.7 Å². The highest BCUT2D eigenvalue weighted by atomic mass is 79.9. The summed E-state index contributed by atoms with van der Waals surface area (Å²) in [6.07, 6.45) is 2.21. The number of ether oxygens (including phenoxy) is 1. The number of anilines is 1. The first-order valence-electron chi connectivity index (χ1n) is 11.6. The van der Waals surface area contributed by atoms with Gasteiger partial charge in [-0.15, -0.1) is 0 Å². The average molecular weight is 603 g/mol. The number of amides is 2. The van der Waals surface area contributed by atoms with Gasteiger partial charge in [-0.1, -0.05) is 46.6 Å². The van der Waals surface area contributed by atoms with E-state index in [2.05, 4.69) is 21.2 Å². The summed E-state index contributed by atoms with van der Waals surface area (Å²) in [6, 6.07) is 11.6. The predicted octanol–water partition coefficient (Wildman–Crippen LogP) is 4.60. The number of rotatable bonds is 13. The van der Waals surface area contributed by atoms with E-state index in [0.29, 0.717) is 18.0 Å². The number of nitrogens with zero attached hydrogens (tertiary/aromatic N) is 2. The Bertz CT molecular complexity index is 1160. The van der Waals surface area contributed by atoms with Gasteiger partial charge in [-0.25, -0.2) is 8.42 Å². The number of methoxy groups -OCH3 is 1. The first-order chi connectivity index (χ1) is 17.0. The van der Waals surface area contributed by atoms with E-state index < -0.39 is 16.1 Å². The van der Waals surface area contributed by atoms with Crippen LogP contribution in [0, 0.1) is 0 Å². The maximum atomic E-state index is 13.3. The van der Waals surface area contributed by atoms with Gasteiger partial charge in [0.2, 0.25) is 21.8 Å². The molecule has 0 aliphatic carbocycles. The third kappa shape index (κ3) is 8.67. The highest BCUT2D eigenvalue weighted by Crippen LogP contribution is 2.30. The zero-order chi connectivity index (χ0) is 26.9. The molecule has 0 aliphatic heterocycles. The van der Waals surface area contributed by atoms with Crippen molar-refractivity contribution < 1.29 is 22.7 Å². The summed E-state index contributed by atoms with van der Waals surface area (Å²) < 4.78 is 32.2. The average Bonchev–Trinajstić information content (AvgIpc) is 2.82. The number of sulfonamides is 1. The van der Waals surface area contributed by atoms with Gasteiger partial charge < -0.3 is 15.0 Å². The van der Waals surface area contributed by atoms with Gasteiger partial charge in [0.15, 0.2) is 0 Å². The molecule has 36 heavy (non-hydrogen) atoms. The van der Waals surface area contributed by atoms with Crippen LogP contribution >= 0.6 is 27.5 Å². The molecule has 1 N–H and O–H groups in total. The normalized spacial score (nSPS) is 12.1. The van der Waals surface area contributed by atoms with Crippen molar-refractivity contribution >= 4 is 55.1 Å². The van der Waals surface area contributed by atoms with Crippen molar-refractivity contribution in [1.29, 1.82) is 0 Å². The summed E-state index contributed by atoms with van der Waals surface area (Å²) in [5.41, 5.74) is 1.26. The number of hydrogen-bond donors (Lipinski definition) is 1. The number of hydrogen-bond acceptors (Lipinski definition) is 5. The van der Waals surface area contributed by atoms with Gasteiger partial charge in [-0.2, -0.15) is 0 Å². The molecule has 0 aromatic heterocycles. The molecule has 0 saturated carbocycles. The number of halogens is 2. The van der Waals surface area contributed by atoms with Gasteiger partial charge in [-0.3, -0.25) is 13.9 Å². The lowest BCUT2D eigenvalue weighted by molar-refractivity contribution is -0.140. The molecule has 0 radical (unpaired) electrons. The minimum absolute atomic E-state index is 0.0648. The summed E-state index contributed by atoms with van der Waals surface area (Å²) in [7, 11) is -2.15. The van der Waals surface area contributed by atoms with Gasteiger partial charge in [0, 0.05) is 30.5 Å². The fraction of sp³-hybridized carbons (Fsp3) is 0.440. The third-order valence-corrected chi connectivity index (χ3v) is 7.52. The Hall–Kier alpha value is -2.30. The number of carbonyl (C=O) groups is 2. The van der Waals surface area contributed by atoms with Crippen LogP contribution < -0.4 is 14.4 Å². The van der Waals surface area contributed by atoms with Crippen LogP contribution in [0.15, 0.2) is 46.9 Å². The molecule has 1 unspecified atom stereocenters. The molecule has 1 atom stereocenters. The summed E-state index contributed by atoms with van der Waals surface area (Å²) in [4.78, 5) is 27.5. The lowest BCUT2D eigenvalue weighted by Crippen LogP contribution is -2.47. The second-order valence-electron chi connectivity index (χ2n) is 8.38. The Kier molecular flexibility index (Phi) is 11.5. The number of nitrogens with one attached hydrogen (secondary N) is 1. The minimum atomic E-state index is -3.63. The van der Waals surface area contributed by atoms with Crippen LogP contribution in [0.25, 0.3) is 0 Å². The lowest BCUT2D eigenvalue weighted by atomic mass is 10.1. The quantitative estimate of drug-likeness (QED) is 0.362. The fourth-order valence-corrected chi connectivity index (χ4v) is 5.28. The smallest absolute Gasteiger partial charge is 0.242 e. The summed E-state index contributed by atoms with van der Waals surface area (Å²) in [6.45, 7) is 4.51. The molecule has 2 amide bonds. The molecule has 0 spiro atoms. The van der Waals surface area contributed by atoms with E-state index in [1.165, 1.54) is 22.4 Å². The van der Waals surface area contributed by atoms with Crippen LogP contribution in [0.4, 0.5) is 5.69 Å². The first kappa shape index (κ1) is 29.9. The van der Waals surface area contributed by atoms with Crippen LogP contribution in [-0.2, 0) is 26.2 Å². The molecule has 0 saturated heterocycles. The molecule has 11 heteroatoms. The van der Waals surface area contributed by atoms with Crippen molar-refractivity contribution in [1.82, 2.24) is 10.2 Å². The van der Waals surface area contributed by atoms with Crippen LogP contribution in [0.2, 0.25) is 5.02 Å². The van der Waals surface area contributed by atoms with Crippen molar-refractivity contribution in [2.45, 2.75) is 45.7 Å². The second kappa shape index (κ2) is 13.9. The molecule has 2 aromatic rings. The fourth-order valence-electron chi connectivity index (χ4n) is 3.62. The molecule has 0 bridgehead atoms. The zero-order valence-corrected chi connectivity index (χ0v) is 24.1. The highest BCUT2D eigenvalue weighted by Gasteiger charge is 2.26. The van der Waals surface area contributed by atoms with Gasteiger partial charge in [0.05, 0.1) is 24.1 Å². The van der Waals surface area contributed by atoms with E-state index in [1.54, 1.807) is 19.1 Å². The van der Waals surface area contributed by atoms with Gasteiger partial charge in [0.1, 0.15) is 11.8 Å². The second-order valence-corrected chi connectivity index (χ2v) is 11.6. The summed E-state index contributed by atoms with van der Waals surface area (Å²) in [5, 5.41) is 3.13. The lowest BCUT2D eigenvalue weighted by Gasteiger charge is -2.29.